The highest BCUT2D eigenvalue weighted by molar-refractivity contribution is 7.81. The van der Waals surface area contributed by atoms with Crippen LogP contribution in [0.15, 0.2) is 24.3 Å². The van der Waals surface area contributed by atoms with Crippen LogP contribution >= 0.6 is 0 Å². The molecule has 0 heterocycles. The van der Waals surface area contributed by atoms with Gasteiger partial charge in [0.15, 0.2) is 0 Å². The zero-order chi connectivity index (χ0) is 16.7. The maximum atomic E-state index is 10.6. The minimum Gasteiger partial charge on any atom is -0.507 e. The lowest BCUT2D eigenvalue weighted by Crippen LogP contribution is -2.07. The molecule has 0 saturated carbocycles. The maximum absolute atomic E-state index is 10.6. The van der Waals surface area contributed by atoms with Crippen LogP contribution in [0.3, 0.4) is 0 Å². The number of hydrogen-bond donors (Lipinski definition) is 4. The molecular weight excluding hydrogens is 344 g/mol. The van der Waals surface area contributed by atoms with E-state index in [4.69, 9.17) is 9.11 Å². The van der Waals surface area contributed by atoms with E-state index >= 15 is 0 Å². The Morgan fingerprint density at radius 1 is 0.727 bits per heavy atom. The lowest BCUT2D eigenvalue weighted by Gasteiger charge is -2.09. The predicted molar refractivity (Wildman–Crippen MR) is 71.6 cm³/mol. The fourth-order valence-corrected chi connectivity index (χ4v) is 2.43. The van der Waals surface area contributed by atoms with E-state index < -0.39 is 43.8 Å². The molecule has 10 nitrogen and oxygen atoms in total. The first-order valence-corrected chi connectivity index (χ1v) is 8.01. The second kappa shape index (κ2) is 5.17. The zero-order valence-corrected chi connectivity index (χ0v) is 12.0. The van der Waals surface area contributed by atoms with Gasteiger partial charge in [-0.15, -0.1) is 0 Å². The van der Waals surface area contributed by atoms with Crippen molar-refractivity contribution in [2.45, 2.75) is 0 Å². The molecule has 0 aliphatic rings. The van der Waals surface area contributed by atoms with Gasteiger partial charge in [-0.25, -0.2) is 0 Å². The molecule has 0 spiro atoms. The summed E-state index contributed by atoms with van der Waals surface area (Å²) in [4.78, 5) is 0. The molecule has 0 aromatic heterocycles. The van der Waals surface area contributed by atoms with Gasteiger partial charge < -0.3 is 18.6 Å². The Morgan fingerprint density at radius 3 is 1.41 bits per heavy atom. The van der Waals surface area contributed by atoms with Gasteiger partial charge in [0.25, 0.3) is 0 Å². The molecule has 2 aromatic rings. The third-order valence-corrected chi connectivity index (χ3v) is 3.16. The number of benzene rings is 2. The number of phenols is 2. The molecule has 0 fully saturated rings. The van der Waals surface area contributed by atoms with E-state index in [2.05, 4.69) is 8.37 Å². The summed E-state index contributed by atoms with van der Waals surface area (Å²) in [5, 5.41) is 19.2. The molecule has 0 aliphatic carbocycles. The molecule has 2 aromatic carbocycles. The molecule has 4 N–H and O–H groups in total. The average molecular weight is 352 g/mol. The quantitative estimate of drug-likeness (QED) is 0.572. The maximum Gasteiger partial charge on any atom is 0.446 e. The topological polar surface area (TPSA) is 168 Å². The third-order valence-electron chi connectivity index (χ3n) is 2.36. The van der Waals surface area contributed by atoms with Gasteiger partial charge in [0.2, 0.25) is 0 Å². The van der Waals surface area contributed by atoms with Crippen molar-refractivity contribution in [2.75, 3.05) is 0 Å². The van der Waals surface area contributed by atoms with Crippen LogP contribution in [0.5, 0.6) is 23.0 Å². The summed E-state index contributed by atoms with van der Waals surface area (Å²) in [6.07, 6.45) is 0. The van der Waals surface area contributed by atoms with Gasteiger partial charge >= 0.3 is 20.8 Å². The first-order chi connectivity index (χ1) is 9.94. The molecule has 0 radical (unpaired) electrons. The molecule has 22 heavy (non-hydrogen) atoms. The van der Waals surface area contributed by atoms with Crippen molar-refractivity contribution in [3.8, 4) is 23.0 Å². The van der Waals surface area contributed by atoms with Gasteiger partial charge in [-0.1, -0.05) is 0 Å². The van der Waals surface area contributed by atoms with Gasteiger partial charge in [-0.05, 0) is 17.5 Å². The fraction of sp³-hybridized carbons (Fsp3) is 0. The van der Waals surface area contributed by atoms with Gasteiger partial charge in [0.05, 0.1) is 5.39 Å². The lowest BCUT2D eigenvalue weighted by atomic mass is 10.1. The molecule has 0 amide bonds. The van der Waals surface area contributed by atoms with Crippen LogP contribution in [0.2, 0.25) is 0 Å². The smallest absolute Gasteiger partial charge is 0.446 e. The standard InChI is InChI=1S/C10H8O10S2/c11-8-3-6(19-21(13,14)15)1-5-2-7(20-22(16,17)18)4-9(12)10(5)8/h1-4,11-12H,(H,13,14,15)(H,16,17,18). The van der Waals surface area contributed by atoms with Crippen LogP contribution in [0.25, 0.3) is 10.8 Å². The number of rotatable bonds is 4. The summed E-state index contributed by atoms with van der Waals surface area (Å²) < 4.78 is 68.0. The Morgan fingerprint density at radius 2 is 1.09 bits per heavy atom. The minimum atomic E-state index is -4.85. The van der Waals surface area contributed by atoms with Crippen molar-refractivity contribution in [2.24, 2.45) is 0 Å². The van der Waals surface area contributed by atoms with Gasteiger partial charge in [0, 0.05) is 12.1 Å². The first kappa shape index (κ1) is 16.1. The fourth-order valence-electron chi connectivity index (χ4n) is 1.76. The van der Waals surface area contributed by atoms with Crippen molar-refractivity contribution in [1.82, 2.24) is 0 Å². The molecule has 0 unspecified atom stereocenters. The number of hydrogen-bond acceptors (Lipinski definition) is 8. The second-order valence-electron chi connectivity index (χ2n) is 4.01. The highest BCUT2D eigenvalue weighted by atomic mass is 32.3. The van der Waals surface area contributed by atoms with Crippen LogP contribution in [-0.2, 0) is 20.8 Å². The minimum absolute atomic E-state index is 0.0858. The Kier molecular flexibility index (Phi) is 3.78. The number of fused-ring (bicyclic) bond motifs is 1. The Labute approximate surface area is 124 Å². The van der Waals surface area contributed by atoms with E-state index in [9.17, 15) is 27.0 Å². The van der Waals surface area contributed by atoms with E-state index in [1.807, 2.05) is 0 Å². The first-order valence-electron chi connectivity index (χ1n) is 5.28. The Bertz CT molecular complexity index is 871. The van der Waals surface area contributed by atoms with Crippen LogP contribution in [0.1, 0.15) is 0 Å². The van der Waals surface area contributed by atoms with Gasteiger partial charge in [-0.3, -0.25) is 9.11 Å². The van der Waals surface area contributed by atoms with Crippen molar-refractivity contribution < 1.29 is 44.5 Å². The summed E-state index contributed by atoms with van der Waals surface area (Å²) in [6, 6.07) is 3.55. The van der Waals surface area contributed by atoms with Crippen molar-refractivity contribution >= 4 is 31.6 Å². The number of aromatic hydroxyl groups is 2. The van der Waals surface area contributed by atoms with Gasteiger partial charge in [0.1, 0.15) is 23.0 Å². The highest BCUT2D eigenvalue weighted by Crippen LogP contribution is 2.39. The normalized spacial score (nSPS) is 12.3. The molecular formula is C10H8O10S2. The Balaban J connectivity index is 2.64. The van der Waals surface area contributed by atoms with E-state index in [1.165, 1.54) is 0 Å². The monoisotopic (exact) mass is 352 g/mol. The summed E-state index contributed by atoms with van der Waals surface area (Å²) in [7, 11) is -9.70. The predicted octanol–water partition coefficient (Wildman–Crippen LogP) is 0.614. The average Bonchev–Trinajstić information content (AvgIpc) is 2.21. The third kappa shape index (κ3) is 3.88. The van der Waals surface area contributed by atoms with Crippen LogP contribution in [-0.4, -0.2) is 36.2 Å². The molecule has 120 valence electrons. The second-order valence-corrected chi connectivity index (χ2v) is 6.05. The van der Waals surface area contributed by atoms with Crippen molar-refractivity contribution in [3.05, 3.63) is 24.3 Å². The van der Waals surface area contributed by atoms with Crippen LogP contribution < -0.4 is 8.37 Å². The summed E-state index contributed by atoms with van der Waals surface area (Å²) in [6.45, 7) is 0. The SMILES string of the molecule is O=S(=O)(O)Oc1cc(O)c2c(O)cc(OS(=O)(=O)O)cc2c1. The van der Waals surface area contributed by atoms with E-state index in [-0.39, 0.29) is 10.8 Å². The largest absolute Gasteiger partial charge is 0.507 e. The molecule has 0 saturated heterocycles. The summed E-state index contributed by atoms with van der Waals surface area (Å²) in [5.41, 5.74) is 0. The number of phenolic OH excluding ortho intramolecular Hbond substituents is 2. The van der Waals surface area contributed by atoms with Crippen LogP contribution in [0, 0.1) is 0 Å². The van der Waals surface area contributed by atoms with E-state index in [0.717, 1.165) is 24.3 Å². The molecule has 0 aliphatic heterocycles. The van der Waals surface area contributed by atoms with Crippen molar-refractivity contribution in [3.63, 3.8) is 0 Å². The van der Waals surface area contributed by atoms with E-state index in [0.29, 0.717) is 0 Å². The summed E-state index contributed by atoms with van der Waals surface area (Å²) in [5.74, 6) is -2.22. The molecule has 12 heteroatoms. The highest BCUT2D eigenvalue weighted by Gasteiger charge is 2.16. The van der Waals surface area contributed by atoms with Crippen molar-refractivity contribution in [1.29, 1.82) is 0 Å². The Hall–Kier alpha value is -2.28. The van der Waals surface area contributed by atoms with Crippen LogP contribution in [0.4, 0.5) is 0 Å². The lowest BCUT2D eigenvalue weighted by molar-refractivity contribution is 0.384. The molecule has 0 bridgehead atoms. The zero-order valence-electron chi connectivity index (χ0n) is 10.4. The molecule has 2 rings (SSSR count). The summed E-state index contributed by atoms with van der Waals surface area (Å²) >= 11 is 0. The molecule has 0 atom stereocenters. The van der Waals surface area contributed by atoms with Gasteiger partial charge in [-0.2, -0.15) is 16.8 Å². The van der Waals surface area contributed by atoms with E-state index in [1.54, 1.807) is 0 Å².